The summed E-state index contributed by atoms with van der Waals surface area (Å²) in [7, 11) is 1.57. The van der Waals surface area contributed by atoms with E-state index in [0.29, 0.717) is 29.1 Å². The van der Waals surface area contributed by atoms with Gasteiger partial charge in [0.15, 0.2) is 0 Å². The molecule has 1 amide bonds. The molecule has 0 bridgehead atoms. The lowest BCUT2D eigenvalue weighted by Crippen LogP contribution is -2.13. The number of ether oxygens (including phenoxy) is 1. The van der Waals surface area contributed by atoms with Gasteiger partial charge >= 0.3 is 0 Å². The molecule has 2 aromatic carbocycles. The van der Waals surface area contributed by atoms with E-state index in [4.69, 9.17) is 10.00 Å². The smallest absolute Gasteiger partial charge is 0.266 e. The van der Waals surface area contributed by atoms with Crippen LogP contribution in [-0.4, -0.2) is 22.8 Å². The SMILES string of the molecule is COc1ccc(-c2nn(CCC#N)cc2C=C(C#N)C(=O)Nc2ccc(C)c(F)c2)cc1. The maximum atomic E-state index is 13.8. The topological polar surface area (TPSA) is 104 Å². The predicted molar refractivity (Wildman–Crippen MR) is 118 cm³/mol. The predicted octanol–water partition coefficient (Wildman–Crippen LogP) is 4.47. The van der Waals surface area contributed by atoms with Crippen LogP contribution in [0, 0.1) is 35.4 Å². The second kappa shape index (κ2) is 10.1. The molecule has 8 heteroatoms. The molecule has 0 spiro atoms. The molecule has 0 unspecified atom stereocenters. The fraction of sp³-hybridized carbons (Fsp3) is 0.167. The van der Waals surface area contributed by atoms with Crippen molar-refractivity contribution in [3.8, 4) is 29.1 Å². The van der Waals surface area contributed by atoms with Crippen LogP contribution in [0.5, 0.6) is 5.75 Å². The van der Waals surface area contributed by atoms with Crippen molar-refractivity contribution in [1.29, 1.82) is 10.5 Å². The fourth-order valence-electron chi connectivity index (χ4n) is 2.97. The molecule has 1 heterocycles. The van der Waals surface area contributed by atoms with Gasteiger partial charge in [0.1, 0.15) is 23.2 Å². The van der Waals surface area contributed by atoms with Crippen molar-refractivity contribution in [2.75, 3.05) is 12.4 Å². The minimum Gasteiger partial charge on any atom is -0.497 e. The van der Waals surface area contributed by atoms with Crippen LogP contribution >= 0.6 is 0 Å². The third-order valence-corrected chi connectivity index (χ3v) is 4.70. The van der Waals surface area contributed by atoms with Gasteiger partial charge in [-0.15, -0.1) is 0 Å². The van der Waals surface area contributed by atoms with E-state index in [1.807, 2.05) is 18.2 Å². The lowest BCUT2D eigenvalue weighted by atomic mass is 10.1. The number of aromatic nitrogens is 2. The first-order chi connectivity index (χ1) is 15.4. The number of anilines is 1. The third kappa shape index (κ3) is 5.18. The van der Waals surface area contributed by atoms with Crippen LogP contribution in [-0.2, 0) is 11.3 Å². The summed E-state index contributed by atoms with van der Waals surface area (Å²) in [6.07, 6.45) is 3.36. The Morgan fingerprint density at radius 2 is 2.00 bits per heavy atom. The lowest BCUT2D eigenvalue weighted by Gasteiger charge is -2.06. The van der Waals surface area contributed by atoms with Gasteiger partial charge in [-0.3, -0.25) is 9.48 Å². The number of benzene rings is 2. The van der Waals surface area contributed by atoms with Crippen molar-refractivity contribution >= 4 is 17.7 Å². The number of carbonyl (C=O) groups excluding carboxylic acids is 1. The Balaban J connectivity index is 1.96. The molecule has 0 aliphatic carbocycles. The summed E-state index contributed by atoms with van der Waals surface area (Å²) in [5, 5.41) is 25.5. The van der Waals surface area contributed by atoms with E-state index >= 15 is 0 Å². The second-order valence-corrected chi connectivity index (χ2v) is 6.92. The molecule has 0 atom stereocenters. The molecule has 1 N–H and O–H groups in total. The van der Waals surface area contributed by atoms with Gasteiger partial charge in [0.25, 0.3) is 5.91 Å². The molecular weight excluding hydrogens is 409 g/mol. The zero-order valence-electron chi connectivity index (χ0n) is 17.6. The molecule has 32 heavy (non-hydrogen) atoms. The summed E-state index contributed by atoms with van der Waals surface area (Å²) in [5.74, 6) is -0.441. The summed E-state index contributed by atoms with van der Waals surface area (Å²) in [6.45, 7) is 1.98. The number of rotatable bonds is 7. The molecule has 0 aliphatic heterocycles. The summed E-state index contributed by atoms with van der Waals surface area (Å²) < 4.78 is 20.6. The number of carbonyl (C=O) groups is 1. The average molecular weight is 429 g/mol. The second-order valence-electron chi connectivity index (χ2n) is 6.92. The number of hydrogen-bond donors (Lipinski definition) is 1. The zero-order chi connectivity index (χ0) is 23.1. The van der Waals surface area contributed by atoms with Gasteiger partial charge in [0.05, 0.1) is 31.8 Å². The van der Waals surface area contributed by atoms with E-state index in [-0.39, 0.29) is 17.7 Å². The van der Waals surface area contributed by atoms with Gasteiger partial charge in [-0.2, -0.15) is 15.6 Å². The lowest BCUT2D eigenvalue weighted by molar-refractivity contribution is -0.112. The quantitative estimate of drug-likeness (QED) is 0.441. The highest BCUT2D eigenvalue weighted by atomic mass is 19.1. The van der Waals surface area contributed by atoms with E-state index in [2.05, 4.69) is 16.5 Å². The van der Waals surface area contributed by atoms with Crippen molar-refractivity contribution in [2.24, 2.45) is 0 Å². The molecule has 160 valence electrons. The van der Waals surface area contributed by atoms with Gasteiger partial charge in [-0.05, 0) is 55.0 Å². The maximum absolute atomic E-state index is 13.8. The number of amides is 1. The maximum Gasteiger partial charge on any atom is 0.266 e. The summed E-state index contributed by atoms with van der Waals surface area (Å²) in [6, 6.07) is 15.4. The molecule has 1 aromatic heterocycles. The fourth-order valence-corrected chi connectivity index (χ4v) is 2.97. The molecule has 0 fully saturated rings. The molecule has 3 aromatic rings. The van der Waals surface area contributed by atoms with Crippen molar-refractivity contribution < 1.29 is 13.9 Å². The Bertz CT molecular complexity index is 1250. The molecule has 3 rings (SSSR count). The highest BCUT2D eigenvalue weighted by molar-refractivity contribution is 6.10. The van der Waals surface area contributed by atoms with Gasteiger partial charge in [0.2, 0.25) is 0 Å². The van der Waals surface area contributed by atoms with E-state index in [1.54, 1.807) is 49.2 Å². The Hall–Kier alpha value is -4.43. The average Bonchev–Trinajstić information content (AvgIpc) is 3.21. The van der Waals surface area contributed by atoms with Gasteiger partial charge < -0.3 is 10.1 Å². The number of nitrogens with one attached hydrogen (secondary N) is 1. The molecule has 0 radical (unpaired) electrons. The van der Waals surface area contributed by atoms with Crippen molar-refractivity contribution in [2.45, 2.75) is 19.9 Å². The summed E-state index contributed by atoms with van der Waals surface area (Å²) >= 11 is 0. The third-order valence-electron chi connectivity index (χ3n) is 4.70. The number of halogens is 1. The largest absolute Gasteiger partial charge is 0.497 e. The van der Waals surface area contributed by atoms with Crippen molar-refractivity contribution in [3.05, 3.63) is 71.2 Å². The van der Waals surface area contributed by atoms with E-state index in [1.165, 1.54) is 12.1 Å². The zero-order valence-corrected chi connectivity index (χ0v) is 17.6. The molecule has 0 saturated heterocycles. The summed E-state index contributed by atoms with van der Waals surface area (Å²) in [5.41, 5.74) is 2.38. The first-order valence-electron chi connectivity index (χ1n) is 9.73. The Labute approximate surface area is 185 Å². The van der Waals surface area contributed by atoms with Crippen LogP contribution in [0.4, 0.5) is 10.1 Å². The van der Waals surface area contributed by atoms with Crippen LogP contribution in [0.25, 0.3) is 17.3 Å². The Morgan fingerprint density at radius 3 is 2.62 bits per heavy atom. The first-order valence-corrected chi connectivity index (χ1v) is 9.73. The Kier molecular flexibility index (Phi) is 6.99. The van der Waals surface area contributed by atoms with Crippen LogP contribution in [0.15, 0.2) is 54.2 Å². The van der Waals surface area contributed by atoms with Crippen molar-refractivity contribution in [3.63, 3.8) is 0 Å². The Morgan fingerprint density at radius 1 is 1.25 bits per heavy atom. The number of aryl methyl sites for hydroxylation is 2. The van der Waals surface area contributed by atoms with Crippen LogP contribution in [0.1, 0.15) is 17.5 Å². The first kappa shape index (κ1) is 22.3. The normalized spacial score (nSPS) is 10.8. The van der Waals surface area contributed by atoms with Gasteiger partial charge in [0, 0.05) is 23.0 Å². The monoisotopic (exact) mass is 429 g/mol. The van der Waals surface area contributed by atoms with Gasteiger partial charge in [-0.1, -0.05) is 6.07 Å². The van der Waals surface area contributed by atoms with Gasteiger partial charge in [-0.25, -0.2) is 4.39 Å². The van der Waals surface area contributed by atoms with Crippen LogP contribution < -0.4 is 10.1 Å². The minimum atomic E-state index is -0.666. The van der Waals surface area contributed by atoms with Crippen LogP contribution in [0.2, 0.25) is 0 Å². The highest BCUT2D eigenvalue weighted by Gasteiger charge is 2.15. The molecule has 7 nitrogen and oxygen atoms in total. The molecule has 0 aliphatic rings. The van der Waals surface area contributed by atoms with E-state index in [0.717, 1.165) is 5.56 Å². The highest BCUT2D eigenvalue weighted by Crippen LogP contribution is 2.26. The summed E-state index contributed by atoms with van der Waals surface area (Å²) in [4.78, 5) is 12.6. The number of nitrogens with zero attached hydrogens (tertiary/aromatic N) is 4. The standard InChI is InChI=1S/C24H20FN5O2/c1-16-4-7-20(13-22(16)25)28-24(31)18(14-27)12-19-15-30(11-3-10-26)29-23(19)17-5-8-21(32-2)9-6-17/h4-9,12-13,15H,3,11H2,1-2H3,(H,28,31). The molecule has 0 saturated carbocycles. The van der Waals surface area contributed by atoms with Crippen LogP contribution in [0.3, 0.4) is 0 Å². The number of nitriles is 2. The van der Waals surface area contributed by atoms with E-state index in [9.17, 15) is 14.4 Å². The number of methoxy groups -OCH3 is 1. The van der Waals surface area contributed by atoms with Crippen molar-refractivity contribution in [1.82, 2.24) is 9.78 Å². The molecular formula is C24H20FN5O2. The number of hydrogen-bond acceptors (Lipinski definition) is 5. The van der Waals surface area contributed by atoms with E-state index < -0.39 is 11.7 Å². The minimum absolute atomic E-state index is 0.166.